The van der Waals surface area contributed by atoms with Crippen molar-refractivity contribution in [1.82, 2.24) is 10.2 Å². The lowest BCUT2D eigenvalue weighted by Gasteiger charge is -2.31. The molecule has 0 saturated carbocycles. The Bertz CT molecular complexity index is 417. The van der Waals surface area contributed by atoms with E-state index in [1.165, 1.54) is 31.2 Å². The summed E-state index contributed by atoms with van der Waals surface area (Å²) in [4.78, 5) is 2.57. The lowest BCUT2D eigenvalue weighted by molar-refractivity contribution is 0.173. The Kier molecular flexibility index (Phi) is 6.25. The third kappa shape index (κ3) is 4.55. The minimum absolute atomic E-state index is 0.546. The molecule has 0 bridgehead atoms. The number of aryl methyl sites for hydroxylation is 1. The van der Waals surface area contributed by atoms with E-state index in [1.54, 1.807) is 5.56 Å². The molecule has 1 atom stereocenters. The molecule has 1 N–H and O–H groups in total. The summed E-state index contributed by atoms with van der Waals surface area (Å²) in [6, 6.07) is 10.8. The van der Waals surface area contributed by atoms with Crippen molar-refractivity contribution in [3.05, 3.63) is 35.4 Å². The van der Waals surface area contributed by atoms with Crippen LogP contribution in [0.4, 0.5) is 0 Å². The van der Waals surface area contributed by atoms with E-state index in [-0.39, 0.29) is 0 Å². The summed E-state index contributed by atoms with van der Waals surface area (Å²) in [5, 5.41) is 3.82. The highest BCUT2D eigenvalue weighted by molar-refractivity contribution is 5.31. The van der Waals surface area contributed by atoms with E-state index in [9.17, 15) is 0 Å². The zero-order valence-electron chi connectivity index (χ0n) is 14.2. The topological polar surface area (TPSA) is 15.3 Å². The van der Waals surface area contributed by atoms with Crippen LogP contribution in [0.15, 0.2) is 24.3 Å². The van der Waals surface area contributed by atoms with Gasteiger partial charge in [0.25, 0.3) is 0 Å². The second-order valence-corrected chi connectivity index (χ2v) is 6.88. The Balaban J connectivity index is 1.94. The molecule has 0 amide bonds. The predicted molar refractivity (Wildman–Crippen MR) is 91.7 cm³/mol. The summed E-state index contributed by atoms with van der Waals surface area (Å²) >= 11 is 0. The second-order valence-electron chi connectivity index (χ2n) is 6.88. The van der Waals surface area contributed by atoms with Gasteiger partial charge in [-0.1, -0.05) is 30.7 Å². The van der Waals surface area contributed by atoms with Gasteiger partial charge in [-0.2, -0.15) is 0 Å². The molecule has 0 aromatic heterocycles. The molecule has 118 valence electrons. The number of nitrogens with zero attached hydrogens (tertiary/aromatic N) is 1. The fraction of sp³-hybridized carbons (Fsp3) is 0.684. The van der Waals surface area contributed by atoms with E-state index in [2.05, 4.69) is 62.2 Å². The number of rotatable bonds is 6. The molecular weight excluding hydrogens is 256 g/mol. The number of hydrogen-bond acceptors (Lipinski definition) is 2. The van der Waals surface area contributed by atoms with Crippen molar-refractivity contribution in [2.24, 2.45) is 0 Å². The van der Waals surface area contributed by atoms with Gasteiger partial charge in [0.05, 0.1) is 0 Å². The molecule has 2 heteroatoms. The van der Waals surface area contributed by atoms with E-state index in [0.29, 0.717) is 18.1 Å². The van der Waals surface area contributed by atoms with Gasteiger partial charge in [0, 0.05) is 31.2 Å². The van der Waals surface area contributed by atoms with Crippen molar-refractivity contribution in [1.29, 1.82) is 0 Å². The molecule has 0 spiro atoms. The van der Waals surface area contributed by atoms with Gasteiger partial charge in [-0.3, -0.25) is 4.90 Å². The van der Waals surface area contributed by atoms with E-state index in [0.717, 1.165) is 13.1 Å². The maximum atomic E-state index is 3.82. The van der Waals surface area contributed by atoms with E-state index >= 15 is 0 Å². The zero-order chi connectivity index (χ0) is 15.2. The third-order valence-corrected chi connectivity index (χ3v) is 4.71. The summed E-state index contributed by atoms with van der Waals surface area (Å²) in [5.41, 5.74) is 3.09. The van der Waals surface area contributed by atoms with Crippen LogP contribution in [0.5, 0.6) is 0 Å². The maximum absolute atomic E-state index is 3.82. The Morgan fingerprint density at radius 1 is 1.10 bits per heavy atom. The van der Waals surface area contributed by atoms with E-state index < -0.39 is 0 Å². The number of fused-ring (bicyclic) bond motifs is 1. The molecule has 21 heavy (non-hydrogen) atoms. The fourth-order valence-electron chi connectivity index (χ4n) is 3.61. The first-order chi connectivity index (χ1) is 10.1. The minimum Gasteiger partial charge on any atom is -0.309 e. The van der Waals surface area contributed by atoms with Gasteiger partial charge >= 0.3 is 0 Å². The van der Waals surface area contributed by atoms with Crippen molar-refractivity contribution in [2.75, 3.05) is 13.1 Å². The second kappa shape index (κ2) is 7.95. The van der Waals surface area contributed by atoms with E-state index in [1.807, 2.05) is 0 Å². The van der Waals surface area contributed by atoms with Crippen LogP contribution >= 0.6 is 0 Å². The Morgan fingerprint density at radius 3 is 2.52 bits per heavy atom. The SMILES string of the molecule is CC(C)N(CCNC1CCCCc2ccccc21)C(C)C. The number of hydrogen-bond donors (Lipinski definition) is 1. The Labute approximate surface area is 130 Å². The van der Waals surface area contributed by atoms with Gasteiger partial charge < -0.3 is 5.32 Å². The van der Waals surface area contributed by atoms with Gasteiger partial charge in [0.2, 0.25) is 0 Å². The molecule has 1 unspecified atom stereocenters. The lowest BCUT2D eigenvalue weighted by Crippen LogP contribution is -2.42. The van der Waals surface area contributed by atoms with Crippen molar-refractivity contribution >= 4 is 0 Å². The van der Waals surface area contributed by atoms with Crippen molar-refractivity contribution in [3.8, 4) is 0 Å². The van der Waals surface area contributed by atoms with Crippen molar-refractivity contribution in [2.45, 2.75) is 71.5 Å². The molecule has 1 aromatic carbocycles. The molecule has 0 saturated heterocycles. The van der Waals surface area contributed by atoms with Gasteiger partial charge in [-0.05, 0) is 58.1 Å². The lowest BCUT2D eigenvalue weighted by atomic mass is 9.99. The number of benzene rings is 1. The standard InChI is InChI=1S/C19H32N2/c1-15(2)21(16(3)4)14-13-20-19-12-8-6-10-17-9-5-7-11-18(17)19/h5,7,9,11,15-16,19-20H,6,8,10,12-14H2,1-4H3. The molecule has 0 aliphatic heterocycles. The highest BCUT2D eigenvalue weighted by Crippen LogP contribution is 2.28. The van der Waals surface area contributed by atoms with Crippen LogP contribution in [0.3, 0.4) is 0 Å². The molecule has 0 fully saturated rings. The minimum atomic E-state index is 0.546. The number of nitrogens with one attached hydrogen (secondary N) is 1. The first kappa shape index (κ1) is 16.5. The zero-order valence-corrected chi connectivity index (χ0v) is 14.2. The summed E-state index contributed by atoms with van der Waals surface area (Å²) in [6.07, 6.45) is 5.20. The van der Waals surface area contributed by atoms with Crippen LogP contribution in [0, 0.1) is 0 Å². The molecule has 0 heterocycles. The summed E-state index contributed by atoms with van der Waals surface area (Å²) in [7, 11) is 0. The Hall–Kier alpha value is -0.860. The maximum Gasteiger partial charge on any atom is 0.0323 e. The largest absolute Gasteiger partial charge is 0.309 e. The summed E-state index contributed by atoms with van der Waals surface area (Å²) in [5.74, 6) is 0. The monoisotopic (exact) mass is 288 g/mol. The smallest absolute Gasteiger partial charge is 0.0323 e. The highest BCUT2D eigenvalue weighted by Gasteiger charge is 2.18. The molecule has 2 rings (SSSR count). The average molecular weight is 288 g/mol. The molecule has 1 aliphatic carbocycles. The third-order valence-electron chi connectivity index (χ3n) is 4.71. The average Bonchev–Trinajstić information content (AvgIpc) is 2.65. The predicted octanol–water partition coefficient (Wildman–Crippen LogP) is 4.16. The molecule has 2 nitrogen and oxygen atoms in total. The van der Waals surface area contributed by atoms with Gasteiger partial charge in [-0.25, -0.2) is 0 Å². The first-order valence-electron chi connectivity index (χ1n) is 8.66. The van der Waals surface area contributed by atoms with Gasteiger partial charge in [0.1, 0.15) is 0 Å². The van der Waals surface area contributed by atoms with Crippen LogP contribution in [0.25, 0.3) is 0 Å². The van der Waals surface area contributed by atoms with Crippen molar-refractivity contribution in [3.63, 3.8) is 0 Å². The van der Waals surface area contributed by atoms with Crippen LogP contribution in [0.2, 0.25) is 0 Å². The van der Waals surface area contributed by atoms with Gasteiger partial charge in [0.15, 0.2) is 0 Å². The Morgan fingerprint density at radius 2 is 1.81 bits per heavy atom. The molecule has 1 aliphatic rings. The normalized spacial score (nSPS) is 19.1. The summed E-state index contributed by atoms with van der Waals surface area (Å²) < 4.78 is 0. The van der Waals surface area contributed by atoms with Crippen LogP contribution < -0.4 is 5.32 Å². The summed E-state index contributed by atoms with van der Waals surface area (Å²) in [6.45, 7) is 11.4. The quantitative estimate of drug-likeness (QED) is 0.791. The van der Waals surface area contributed by atoms with Crippen molar-refractivity contribution < 1.29 is 0 Å². The van der Waals surface area contributed by atoms with E-state index in [4.69, 9.17) is 0 Å². The molecule has 0 radical (unpaired) electrons. The fourth-order valence-corrected chi connectivity index (χ4v) is 3.61. The molecule has 1 aromatic rings. The van der Waals surface area contributed by atoms with Crippen LogP contribution in [-0.2, 0) is 6.42 Å². The van der Waals surface area contributed by atoms with Gasteiger partial charge in [-0.15, -0.1) is 0 Å². The van der Waals surface area contributed by atoms with Crippen LogP contribution in [0.1, 0.15) is 64.1 Å². The molecular formula is C19H32N2. The van der Waals surface area contributed by atoms with Crippen LogP contribution in [-0.4, -0.2) is 30.1 Å². The highest BCUT2D eigenvalue weighted by atomic mass is 15.2. The first-order valence-corrected chi connectivity index (χ1v) is 8.66.